The van der Waals surface area contributed by atoms with Crippen molar-refractivity contribution in [2.45, 2.75) is 19.8 Å². The zero-order valence-electron chi connectivity index (χ0n) is 15.3. The van der Waals surface area contributed by atoms with E-state index in [9.17, 15) is 4.79 Å². The number of rotatable bonds is 3. The van der Waals surface area contributed by atoms with E-state index in [2.05, 4.69) is 33.0 Å². The highest BCUT2D eigenvalue weighted by atomic mass is 16.2. The molecule has 0 unspecified atom stereocenters. The van der Waals surface area contributed by atoms with E-state index in [1.807, 2.05) is 35.2 Å². The summed E-state index contributed by atoms with van der Waals surface area (Å²) in [6, 6.07) is 11.9. The van der Waals surface area contributed by atoms with E-state index in [0.717, 1.165) is 63.6 Å². The normalized spacial score (nSPS) is 17.9. The number of nitrogens with zero attached hydrogens (tertiary/aromatic N) is 5. The van der Waals surface area contributed by atoms with Crippen molar-refractivity contribution in [3.8, 4) is 0 Å². The smallest absolute Gasteiger partial charge is 0.278 e. The van der Waals surface area contributed by atoms with Gasteiger partial charge in [0.1, 0.15) is 0 Å². The predicted octanol–water partition coefficient (Wildman–Crippen LogP) is 2.21. The Morgan fingerprint density at radius 2 is 1.81 bits per heavy atom. The number of fused-ring (bicyclic) bond motifs is 1. The molecule has 136 valence electrons. The van der Waals surface area contributed by atoms with E-state index < -0.39 is 0 Å². The Balaban J connectivity index is 1.48. The topological polar surface area (TPSA) is 52.6 Å². The standard InChI is InChI=1S/C20H25N5O/c1-2-23-12-14-24(15-13-23)19-10-9-17(21-22-19)20(26)25-11-5-7-16-6-3-4-8-18(16)25/h3-4,6,8-10H,2,5,7,11-15H2,1H3. The second-order valence-corrected chi connectivity index (χ2v) is 6.89. The van der Waals surface area contributed by atoms with Gasteiger partial charge < -0.3 is 14.7 Å². The summed E-state index contributed by atoms with van der Waals surface area (Å²) in [6.07, 6.45) is 2.00. The summed E-state index contributed by atoms with van der Waals surface area (Å²) in [5.41, 5.74) is 2.65. The van der Waals surface area contributed by atoms with Gasteiger partial charge in [0.25, 0.3) is 5.91 Å². The van der Waals surface area contributed by atoms with Crippen LogP contribution < -0.4 is 9.80 Å². The monoisotopic (exact) mass is 351 g/mol. The molecule has 0 spiro atoms. The molecule has 1 aromatic carbocycles. The molecule has 6 nitrogen and oxygen atoms in total. The van der Waals surface area contributed by atoms with E-state index in [0.29, 0.717) is 5.69 Å². The number of benzene rings is 1. The van der Waals surface area contributed by atoms with Crippen molar-refractivity contribution in [3.05, 3.63) is 47.7 Å². The lowest BCUT2D eigenvalue weighted by Gasteiger charge is -2.34. The molecule has 0 bridgehead atoms. The molecule has 0 N–H and O–H groups in total. The quantitative estimate of drug-likeness (QED) is 0.849. The van der Waals surface area contributed by atoms with Crippen LogP contribution in [0.4, 0.5) is 11.5 Å². The molecule has 4 rings (SSSR count). The second kappa shape index (κ2) is 7.41. The van der Waals surface area contributed by atoms with Gasteiger partial charge in [0.15, 0.2) is 11.5 Å². The fourth-order valence-electron chi connectivity index (χ4n) is 3.78. The van der Waals surface area contributed by atoms with Crippen LogP contribution in [0.5, 0.6) is 0 Å². The van der Waals surface area contributed by atoms with E-state index in [-0.39, 0.29) is 5.91 Å². The molecule has 2 aromatic rings. The van der Waals surface area contributed by atoms with Gasteiger partial charge in [0, 0.05) is 38.4 Å². The first-order valence-corrected chi connectivity index (χ1v) is 9.47. The molecule has 0 atom stereocenters. The van der Waals surface area contributed by atoms with Crippen molar-refractivity contribution in [3.63, 3.8) is 0 Å². The van der Waals surface area contributed by atoms with Gasteiger partial charge in [-0.25, -0.2) is 0 Å². The third-order valence-corrected chi connectivity index (χ3v) is 5.37. The van der Waals surface area contributed by atoms with Gasteiger partial charge in [-0.15, -0.1) is 10.2 Å². The van der Waals surface area contributed by atoms with Gasteiger partial charge in [-0.2, -0.15) is 0 Å². The summed E-state index contributed by atoms with van der Waals surface area (Å²) in [5, 5.41) is 8.58. The Hall–Kier alpha value is -2.47. The first-order valence-electron chi connectivity index (χ1n) is 9.47. The van der Waals surface area contributed by atoms with E-state index in [1.165, 1.54) is 5.56 Å². The number of piperazine rings is 1. The van der Waals surface area contributed by atoms with E-state index >= 15 is 0 Å². The number of aromatic nitrogens is 2. The molecule has 0 saturated carbocycles. The average Bonchev–Trinajstić information content (AvgIpc) is 2.73. The summed E-state index contributed by atoms with van der Waals surface area (Å²) in [6.45, 7) is 8.01. The van der Waals surface area contributed by atoms with Crippen molar-refractivity contribution in [1.82, 2.24) is 15.1 Å². The van der Waals surface area contributed by atoms with Gasteiger partial charge in [0.2, 0.25) is 0 Å². The Bertz CT molecular complexity index is 768. The first kappa shape index (κ1) is 17.0. The maximum absolute atomic E-state index is 12.9. The maximum atomic E-state index is 12.9. The van der Waals surface area contributed by atoms with Crippen LogP contribution in [0.2, 0.25) is 0 Å². The second-order valence-electron chi connectivity index (χ2n) is 6.89. The lowest BCUT2D eigenvalue weighted by atomic mass is 10.0. The first-order chi connectivity index (χ1) is 12.8. The van der Waals surface area contributed by atoms with Crippen LogP contribution in [0, 0.1) is 0 Å². The van der Waals surface area contributed by atoms with Gasteiger partial charge in [0.05, 0.1) is 0 Å². The summed E-state index contributed by atoms with van der Waals surface area (Å²) >= 11 is 0. The van der Waals surface area contributed by atoms with Crippen molar-refractivity contribution >= 4 is 17.4 Å². The molecular formula is C20H25N5O. The molecule has 1 amide bonds. The zero-order chi connectivity index (χ0) is 17.9. The summed E-state index contributed by atoms with van der Waals surface area (Å²) in [4.78, 5) is 19.4. The Morgan fingerprint density at radius 3 is 2.54 bits per heavy atom. The molecule has 3 heterocycles. The molecule has 1 aromatic heterocycles. The maximum Gasteiger partial charge on any atom is 0.278 e. The van der Waals surface area contributed by atoms with Crippen LogP contribution in [0.3, 0.4) is 0 Å². The molecule has 26 heavy (non-hydrogen) atoms. The molecule has 0 radical (unpaired) electrons. The van der Waals surface area contributed by atoms with Gasteiger partial charge in [-0.1, -0.05) is 25.1 Å². The lowest BCUT2D eigenvalue weighted by molar-refractivity contribution is 0.0979. The highest BCUT2D eigenvalue weighted by molar-refractivity contribution is 6.05. The minimum atomic E-state index is -0.0630. The number of para-hydroxylation sites is 1. The van der Waals surface area contributed by atoms with E-state index in [1.54, 1.807) is 0 Å². The Labute approximate surface area is 154 Å². The van der Waals surface area contributed by atoms with E-state index in [4.69, 9.17) is 0 Å². The lowest BCUT2D eigenvalue weighted by Crippen LogP contribution is -2.46. The summed E-state index contributed by atoms with van der Waals surface area (Å²) < 4.78 is 0. The molecule has 2 aliphatic rings. The molecule has 0 aliphatic carbocycles. The van der Waals surface area contributed by atoms with Gasteiger partial charge in [-0.05, 0) is 43.1 Å². The Morgan fingerprint density at radius 1 is 1.00 bits per heavy atom. The predicted molar refractivity (Wildman–Crippen MR) is 103 cm³/mol. The molecule has 1 saturated heterocycles. The van der Waals surface area contributed by atoms with Crippen LogP contribution in [-0.4, -0.2) is 60.3 Å². The number of amides is 1. The fourth-order valence-corrected chi connectivity index (χ4v) is 3.78. The number of carbonyl (C=O) groups excluding carboxylic acids is 1. The highest BCUT2D eigenvalue weighted by Crippen LogP contribution is 2.27. The van der Waals surface area contributed by atoms with Crippen molar-refractivity contribution in [2.24, 2.45) is 0 Å². The van der Waals surface area contributed by atoms with Gasteiger partial charge >= 0.3 is 0 Å². The summed E-state index contributed by atoms with van der Waals surface area (Å²) in [7, 11) is 0. The van der Waals surface area contributed by atoms with Gasteiger partial charge in [-0.3, -0.25) is 4.79 Å². The van der Waals surface area contributed by atoms with Crippen LogP contribution >= 0.6 is 0 Å². The van der Waals surface area contributed by atoms with Crippen molar-refractivity contribution < 1.29 is 4.79 Å². The van der Waals surface area contributed by atoms with Crippen molar-refractivity contribution in [2.75, 3.05) is 49.1 Å². The molecule has 6 heteroatoms. The average molecular weight is 351 g/mol. The van der Waals surface area contributed by atoms with Crippen molar-refractivity contribution in [1.29, 1.82) is 0 Å². The highest BCUT2D eigenvalue weighted by Gasteiger charge is 2.25. The Kier molecular flexibility index (Phi) is 4.84. The van der Waals surface area contributed by atoms with Crippen LogP contribution in [-0.2, 0) is 6.42 Å². The van der Waals surface area contributed by atoms with Crippen LogP contribution in [0.1, 0.15) is 29.4 Å². The number of hydrogen-bond acceptors (Lipinski definition) is 5. The minimum absolute atomic E-state index is 0.0630. The van der Waals surface area contributed by atoms with Crippen LogP contribution in [0.25, 0.3) is 0 Å². The number of anilines is 2. The van der Waals surface area contributed by atoms with Crippen LogP contribution in [0.15, 0.2) is 36.4 Å². The molecule has 2 aliphatic heterocycles. The number of hydrogen-bond donors (Lipinski definition) is 0. The SMILES string of the molecule is CCN1CCN(c2ccc(C(=O)N3CCCc4ccccc43)nn2)CC1. The third-order valence-electron chi connectivity index (χ3n) is 5.37. The third kappa shape index (κ3) is 3.29. The number of likely N-dealkylation sites (N-methyl/N-ethyl adjacent to an activating group) is 1. The number of aryl methyl sites for hydroxylation is 1. The summed E-state index contributed by atoms with van der Waals surface area (Å²) in [5.74, 6) is 0.795. The largest absolute Gasteiger partial charge is 0.353 e. The molecule has 1 fully saturated rings. The molecular weight excluding hydrogens is 326 g/mol. The minimum Gasteiger partial charge on any atom is -0.353 e. The zero-order valence-corrected chi connectivity index (χ0v) is 15.3. The fraction of sp³-hybridized carbons (Fsp3) is 0.450. The number of carbonyl (C=O) groups is 1.